The van der Waals surface area contributed by atoms with Crippen molar-refractivity contribution in [3.05, 3.63) is 0 Å². The van der Waals surface area contributed by atoms with E-state index in [1.807, 2.05) is 0 Å². The Bertz CT molecular complexity index is 237. The maximum Gasteiger partial charge on any atom is 0.308 e. The molecule has 0 spiro atoms. The highest BCUT2D eigenvalue weighted by molar-refractivity contribution is 5.72. The Labute approximate surface area is 85.1 Å². The highest BCUT2D eigenvalue weighted by Crippen LogP contribution is 2.39. The minimum absolute atomic E-state index is 0.110. The topological polar surface area (TPSA) is 40.5 Å². The van der Waals surface area contributed by atoms with Crippen LogP contribution in [0.2, 0.25) is 0 Å². The summed E-state index contributed by atoms with van der Waals surface area (Å²) in [4.78, 5) is 13.2. The SMILES string of the molecule is CC(C1CC1)N(C)C1CCC1C(=O)O. The average molecular weight is 197 g/mol. The number of carbonyl (C=O) groups is 1. The van der Waals surface area contributed by atoms with Crippen LogP contribution in [0.25, 0.3) is 0 Å². The number of carboxylic acids is 1. The number of nitrogens with zero attached hydrogens (tertiary/aromatic N) is 1. The molecule has 80 valence electrons. The number of carboxylic acid groups (broad SMARTS) is 1. The summed E-state index contributed by atoms with van der Waals surface area (Å²) in [5, 5.41) is 8.96. The van der Waals surface area contributed by atoms with Gasteiger partial charge in [0.15, 0.2) is 0 Å². The fourth-order valence-corrected chi connectivity index (χ4v) is 2.47. The van der Waals surface area contributed by atoms with E-state index in [0.29, 0.717) is 12.1 Å². The first-order valence-corrected chi connectivity index (χ1v) is 5.56. The molecule has 2 aliphatic rings. The third kappa shape index (κ3) is 1.65. The Kier molecular flexibility index (Phi) is 2.52. The third-order valence-electron chi connectivity index (χ3n) is 4.02. The van der Waals surface area contributed by atoms with Gasteiger partial charge in [0.25, 0.3) is 0 Å². The molecule has 2 rings (SSSR count). The van der Waals surface area contributed by atoms with Crippen molar-refractivity contribution in [1.29, 1.82) is 0 Å². The fourth-order valence-electron chi connectivity index (χ4n) is 2.47. The quantitative estimate of drug-likeness (QED) is 0.744. The maximum atomic E-state index is 10.9. The van der Waals surface area contributed by atoms with E-state index in [0.717, 1.165) is 18.8 Å². The molecule has 0 aliphatic heterocycles. The van der Waals surface area contributed by atoms with Gasteiger partial charge in [0, 0.05) is 12.1 Å². The van der Waals surface area contributed by atoms with Crippen LogP contribution in [0, 0.1) is 11.8 Å². The predicted octanol–water partition coefficient (Wildman–Crippen LogP) is 1.58. The molecular formula is C11H19NO2. The zero-order chi connectivity index (χ0) is 10.3. The molecule has 2 fully saturated rings. The lowest BCUT2D eigenvalue weighted by molar-refractivity contribution is -0.149. The van der Waals surface area contributed by atoms with Gasteiger partial charge in [-0.05, 0) is 45.6 Å². The molecule has 0 radical (unpaired) electrons. The Morgan fingerprint density at radius 2 is 2.00 bits per heavy atom. The third-order valence-corrected chi connectivity index (χ3v) is 4.02. The van der Waals surface area contributed by atoms with Crippen LogP contribution >= 0.6 is 0 Å². The van der Waals surface area contributed by atoms with Crippen LogP contribution in [0.3, 0.4) is 0 Å². The van der Waals surface area contributed by atoms with Gasteiger partial charge in [-0.1, -0.05) is 0 Å². The van der Waals surface area contributed by atoms with Gasteiger partial charge in [-0.25, -0.2) is 0 Å². The van der Waals surface area contributed by atoms with E-state index < -0.39 is 5.97 Å². The van der Waals surface area contributed by atoms with Gasteiger partial charge in [-0.2, -0.15) is 0 Å². The summed E-state index contributed by atoms with van der Waals surface area (Å²) in [5.74, 6) is 0.104. The van der Waals surface area contributed by atoms with E-state index in [2.05, 4.69) is 18.9 Å². The summed E-state index contributed by atoms with van der Waals surface area (Å²) >= 11 is 0. The second kappa shape index (κ2) is 3.54. The van der Waals surface area contributed by atoms with E-state index >= 15 is 0 Å². The lowest BCUT2D eigenvalue weighted by atomic mass is 9.78. The van der Waals surface area contributed by atoms with Gasteiger partial charge in [-0.3, -0.25) is 9.69 Å². The van der Waals surface area contributed by atoms with Crippen molar-refractivity contribution in [3.63, 3.8) is 0 Å². The lowest BCUT2D eigenvalue weighted by Crippen LogP contribution is -2.52. The molecule has 3 heteroatoms. The second-order valence-corrected chi connectivity index (χ2v) is 4.83. The fraction of sp³-hybridized carbons (Fsp3) is 0.909. The van der Waals surface area contributed by atoms with E-state index in [9.17, 15) is 4.79 Å². The van der Waals surface area contributed by atoms with Crippen molar-refractivity contribution in [1.82, 2.24) is 4.90 Å². The predicted molar refractivity (Wildman–Crippen MR) is 54.1 cm³/mol. The van der Waals surface area contributed by atoms with Gasteiger partial charge in [0.2, 0.25) is 0 Å². The number of rotatable bonds is 4. The Morgan fingerprint density at radius 1 is 1.36 bits per heavy atom. The summed E-state index contributed by atoms with van der Waals surface area (Å²) < 4.78 is 0. The van der Waals surface area contributed by atoms with Gasteiger partial charge in [-0.15, -0.1) is 0 Å². The number of aliphatic carboxylic acids is 1. The van der Waals surface area contributed by atoms with Gasteiger partial charge in [0.1, 0.15) is 0 Å². The van der Waals surface area contributed by atoms with Crippen LogP contribution < -0.4 is 0 Å². The van der Waals surface area contributed by atoms with Crippen LogP contribution in [-0.4, -0.2) is 35.1 Å². The van der Waals surface area contributed by atoms with Crippen LogP contribution in [0.15, 0.2) is 0 Å². The molecule has 3 unspecified atom stereocenters. The molecular weight excluding hydrogens is 178 g/mol. The zero-order valence-corrected chi connectivity index (χ0v) is 8.94. The van der Waals surface area contributed by atoms with Crippen LogP contribution in [0.4, 0.5) is 0 Å². The largest absolute Gasteiger partial charge is 0.481 e. The van der Waals surface area contributed by atoms with Crippen LogP contribution in [0.1, 0.15) is 32.6 Å². The molecule has 3 atom stereocenters. The van der Waals surface area contributed by atoms with E-state index in [1.165, 1.54) is 12.8 Å². The van der Waals surface area contributed by atoms with E-state index in [-0.39, 0.29) is 5.92 Å². The molecule has 0 aromatic rings. The van der Waals surface area contributed by atoms with Gasteiger partial charge >= 0.3 is 5.97 Å². The standard InChI is InChI=1S/C11H19NO2/c1-7(8-3-4-8)12(2)10-6-5-9(10)11(13)14/h7-10H,3-6H2,1-2H3,(H,13,14). The molecule has 3 nitrogen and oxygen atoms in total. The van der Waals surface area contributed by atoms with Crippen LogP contribution in [0.5, 0.6) is 0 Å². The molecule has 0 aromatic carbocycles. The monoisotopic (exact) mass is 197 g/mol. The molecule has 0 heterocycles. The highest BCUT2D eigenvalue weighted by Gasteiger charge is 2.43. The van der Waals surface area contributed by atoms with E-state index in [4.69, 9.17) is 5.11 Å². The van der Waals surface area contributed by atoms with Crippen molar-refractivity contribution in [2.24, 2.45) is 11.8 Å². The molecule has 1 N–H and O–H groups in total. The molecule has 14 heavy (non-hydrogen) atoms. The Morgan fingerprint density at radius 3 is 2.36 bits per heavy atom. The summed E-state index contributed by atoms with van der Waals surface area (Å²) in [6, 6.07) is 0.866. The summed E-state index contributed by atoms with van der Waals surface area (Å²) in [5.41, 5.74) is 0. The van der Waals surface area contributed by atoms with Gasteiger partial charge in [0.05, 0.1) is 5.92 Å². The molecule has 0 bridgehead atoms. The zero-order valence-electron chi connectivity index (χ0n) is 8.94. The van der Waals surface area contributed by atoms with Crippen LogP contribution in [-0.2, 0) is 4.79 Å². The minimum Gasteiger partial charge on any atom is -0.481 e. The first kappa shape index (κ1) is 9.97. The van der Waals surface area contributed by atoms with Crippen molar-refractivity contribution < 1.29 is 9.90 Å². The lowest BCUT2D eigenvalue weighted by Gasteiger charge is -2.43. The van der Waals surface area contributed by atoms with E-state index in [1.54, 1.807) is 0 Å². The number of hydrogen-bond acceptors (Lipinski definition) is 2. The summed E-state index contributed by atoms with van der Waals surface area (Å²) in [7, 11) is 2.09. The Balaban J connectivity index is 1.90. The maximum absolute atomic E-state index is 10.9. The molecule has 0 amide bonds. The molecule has 0 aromatic heterocycles. The van der Waals surface area contributed by atoms with Gasteiger partial charge < -0.3 is 5.11 Å². The van der Waals surface area contributed by atoms with Crippen molar-refractivity contribution in [2.45, 2.75) is 44.7 Å². The number of hydrogen-bond donors (Lipinski definition) is 1. The van der Waals surface area contributed by atoms with Crippen molar-refractivity contribution in [3.8, 4) is 0 Å². The smallest absolute Gasteiger partial charge is 0.308 e. The van der Waals surface area contributed by atoms with Crippen molar-refractivity contribution in [2.75, 3.05) is 7.05 Å². The first-order valence-electron chi connectivity index (χ1n) is 5.56. The second-order valence-electron chi connectivity index (χ2n) is 4.83. The Hall–Kier alpha value is -0.570. The highest BCUT2D eigenvalue weighted by atomic mass is 16.4. The molecule has 2 saturated carbocycles. The first-order chi connectivity index (χ1) is 6.61. The molecule has 2 aliphatic carbocycles. The average Bonchev–Trinajstić information content (AvgIpc) is 2.81. The normalized spacial score (nSPS) is 33.9. The summed E-state index contributed by atoms with van der Waals surface area (Å²) in [6.07, 6.45) is 4.58. The summed E-state index contributed by atoms with van der Waals surface area (Å²) in [6.45, 7) is 2.23. The molecule has 0 saturated heterocycles. The minimum atomic E-state index is -0.615. The van der Waals surface area contributed by atoms with Crippen molar-refractivity contribution >= 4 is 5.97 Å².